The smallest absolute Gasteiger partial charge is 0.223 e. The Balaban J connectivity index is 1.54. The highest BCUT2D eigenvalue weighted by atomic mass is 19.1. The number of rotatable bonds is 6. The predicted octanol–water partition coefficient (Wildman–Crippen LogP) is 2.15. The summed E-state index contributed by atoms with van der Waals surface area (Å²) in [6, 6.07) is 6.40. The molecule has 0 spiro atoms. The Hall–Kier alpha value is -1.83. The van der Waals surface area contributed by atoms with Gasteiger partial charge in [-0.25, -0.2) is 4.39 Å². The van der Waals surface area contributed by atoms with E-state index in [-0.39, 0.29) is 5.82 Å². The van der Waals surface area contributed by atoms with E-state index in [1.54, 1.807) is 19.1 Å². The van der Waals surface area contributed by atoms with Crippen LogP contribution in [0.1, 0.15) is 36.2 Å². The number of halogens is 1. The lowest BCUT2D eigenvalue weighted by atomic mass is 10.0. The van der Waals surface area contributed by atoms with E-state index >= 15 is 0 Å². The Kier molecular flexibility index (Phi) is 5.78. The Morgan fingerprint density at radius 1 is 1.40 bits per heavy atom. The van der Waals surface area contributed by atoms with Crippen molar-refractivity contribution in [1.29, 1.82) is 0 Å². The van der Waals surface area contributed by atoms with Crippen LogP contribution in [0, 0.1) is 12.7 Å². The molecule has 1 saturated heterocycles. The fourth-order valence-electron chi connectivity index (χ4n) is 3.35. The monoisotopic (exact) mass is 348 g/mol. The maximum Gasteiger partial charge on any atom is 0.223 e. The van der Waals surface area contributed by atoms with Gasteiger partial charge in [-0.2, -0.15) is 4.98 Å². The number of hydrogen-bond acceptors (Lipinski definition) is 6. The van der Waals surface area contributed by atoms with Crippen molar-refractivity contribution in [2.24, 2.45) is 0 Å². The van der Waals surface area contributed by atoms with Crippen molar-refractivity contribution >= 4 is 0 Å². The number of likely N-dealkylation sites (N-methyl/N-ethyl adjacent to an activating group) is 1. The summed E-state index contributed by atoms with van der Waals surface area (Å²) in [4.78, 5) is 8.77. The second kappa shape index (κ2) is 8.03. The number of aryl methyl sites for hydroxylation is 1. The zero-order valence-corrected chi connectivity index (χ0v) is 14.7. The van der Waals surface area contributed by atoms with Crippen molar-refractivity contribution in [2.75, 3.05) is 26.7 Å². The van der Waals surface area contributed by atoms with Crippen LogP contribution in [-0.2, 0) is 6.54 Å². The highest BCUT2D eigenvalue weighted by molar-refractivity contribution is 5.18. The molecular formula is C18H25FN4O2. The van der Waals surface area contributed by atoms with Crippen molar-refractivity contribution in [3.05, 3.63) is 47.4 Å². The Labute approximate surface area is 147 Å². The van der Waals surface area contributed by atoms with E-state index in [0.717, 1.165) is 31.5 Å². The third kappa shape index (κ3) is 4.84. The van der Waals surface area contributed by atoms with E-state index in [0.29, 0.717) is 30.8 Å². The Morgan fingerprint density at radius 2 is 2.16 bits per heavy atom. The van der Waals surface area contributed by atoms with Gasteiger partial charge in [-0.15, -0.1) is 0 Å². The average Bonchev–Trinajstić information content (AvgIpc) is 3.00. The van der Waals surface area contributed by atoms with Crippen molar-refractivity contribution in [1.82, 2.24) is 19.9 Å². The molecule has 25 heavy (non-hydrogen) atoms. The van der Waals surface area contributed by atoms with Crippen LogP contribution in [0.25, 0.3) is 0 Å². The van der Waals surface area contributed by atoms with Gasteiger partial charge in [-0.3, -0.25) is 9.80 Å². The molecule has 1 fully saturated rings. The molecule has 1 aromatic heterocycles. The van der Waals surface area contributed by atoms with Gasteiger partial charge in [0.15, 0.2) is 5.82 Å². The third-order valence-corrected chi connectivity index (χ3v) is 4.75. The Morgan fingerprint density at radius 3 is 2.84 bits per heavy atom. The molecule has 2 aromatic rings. The van der Waals surface area contributed by atoms with Gasteiger partial charge in [0.05, 0.1) is 12.6 Å². The zero-order chi connectivity index (χ0) is 17.8. The molecule has 3 rings (SSSR count). The SMILES string of the molecule is Cc1nc(CN2CCC[C@@H](N(C)C[C@@H](O)c3ccc(F)cc3)C2)no1. The van der Waals surface area contributed by atoms with E-state index in [2.05, 4.69) is 19.9 Å². The number of aliphatic hydroxyl groups is 1. The first kappa shape index (κ1) is 18.0. The van der Waals surface area contributed by atoms with E-state index in [9.17, 15) is 9.50 Å². The van der Waals surface area contributed by atoms with Crippen LogP contribution in [0.2, 0.25) is 0 Å². The summed E-state index contributed by atoms with van der Waals surface area (Å²) in [5.41, 5.74) is 0.739. The van der Waals surface area contributed by atoms with Gasteiger partial charge in [-0.05, 0) is 44.1 Å². The topological polar surface area (TPSA) is 65.6 Å². The maximum absolute atomic E-state index is 13.0. The first-order valence-electron chi connectivity index (χ1n) is 8.66. The molecule has 0 saturated carbocycles. The fraction of sp³-hybridized carbons (Fsp3) is 0.556. The van der Waals surface area contributed by atoms with Crippen molar-refractivity contribution in [2.45, 2.75) is 38.5 Å². The van der Waals surface area contributed by atoms with Gasteiger partial charge in [0.25, 0.3) is 0 Å². The van der Waals surface area contributed by atoms with Gasteiger partial charge < -0.3 is 9.63 Å². The average molecular weight is 348 g/mol. The molecule has 0 amide bonds. The quantitative estimate of drug-likeness (QED) is 0.863. The molecule has 0 bridgehead atoms. The minimum atomic E-state index is -0.624. The number of benzene rings is 1. The summed E-state index contributed by atoms with van der Waals surface area (Å²) < 4.78 is 18.0. The molecule has 7 heteroatoms. The van der Waals surface area contributed by atoms with E-state index in [1.165, 1.54) is 12.1 Å². The van der Waals surface area contributed by atoms with E-state index < -0.39 is 6.10 Å². The highest BCUT2D eigenvalue weighted by Crippen LogP contribution is 2.20. The van der Waals surface area contributed by atoms with Crippen LogP contribution in [-0.4, -0.2) is 57.8 Å². The van der Waals surface area contributed by atoms with Crippen LogP contribution >= 0.6 is 0 Å². The van der Waals surface area contributed by atoms with Gasteiger partial charge in [0, 0.05) is 26.1 Å². The van der Waals surface area contributed by atoms with Crippen molar-refractivity contribution < 1.29 is 14.0 Å². The van der Waals surface area contributed by atoms with Crippen LogP contribution < -0.4 is 0 Å². The lowest BCUT2D eigenvalue weighted by Gasteiger charge is -2.38. The van der Waals surface area contributed by atoms with E-state index in [4.69, 9.17) is 4.52 Å². The lowest BCUT2D eigenvalue weighted by Crippen LogP contribution is -2.47. The summed E-state index contributed by atoms with van der Waals surface area (Å²) in [6.45, 7) is 4.91. The molecule has 1 aromatic carbocycles. The second-order valence-corrected chi connectivity index (χ2v) is 6.77. The minimum Gasteiger partial charge on any atom is -0.387 e. The number of aliphatic hydroxyl groups excluding tert-OH is 1. The predicted molar refractivity (Wildman–Crippen MR) is 91.3 cm³/mol. The summed E-state index contributed by atoms with van der Waals surface area (Å²) in [5.74, 6) is 1.01. The van der Waals surface area contributed by atoms with Crippen molar-refractivity contribution in [3.63, 3.8) is 0 Å². The summed E-state index contributed by atoms with van der Waals surface area (Å²) >= 11 is 0. The molecular weight excluding hydrogens is 323 g/mol. The zero-order valence-electron chi connectivity index (χ0n) is 14.7. The molecule has 0 radical (unpaired) electrons. The standard InChI is InChI=1S/C18H25FN4O2/c1-13-20-18(21-25-13)12-23-9-3-4-16(10-23)22(2)11-17(24)14-5-7-15(19)8-6-14/h5-8,16-17,24H,3-4,9-12H2,1-2H3/t16-,17-/m1/s1. The highest BCUT2D eigenvalue weighted by Gasteiger charge is 2.25. The number of aromatic nitrogens is 2. The molecule has 1 aliphatic rings. The number of nitrogens with zero attached hydrogens (tertiary/aromatic N) is 4. The third-order valence-electron chi connectivity index (χ3n) is 4.75. The molecule has 136 valence electrons. The molecule has 2 atom stereocenters. The van der Waals surface area contributed by atoms with Gasteiger partial charge in [-0.1, -0.05) is 17.3 Å². The number of likely N-dealkylation sites (tertiary alicyclic amines) is 1. The number of piperidine rings is 1. The summed E-state index contributed by atoms with van der Waals surface area (Å²) in [5, 5.41) is 14.4. The summed E-state index contributed by atoms with van der Waals surface area (Å²) in [6.07, 6.45) is 1.56. The molecule has 6 nitrogen and oxygen atoms in total. The number of hydrogen-bond donors (Lipinski definition) is 1. The normalized spacial score (nSPS) is 20.1. The lowest BCUT2D eigenvalue weighted by molar-refractivity contribution is 0.0638. The largest absolute Gasteiger partial charge is 0.387 e. The molecule has 1 N–H and O–H groups in total. The van der Waals surface area contributed by atoms with Gasteiger partial charge in [0.2, 0.25) is 5.89 Å². The van der Waals surface area contributed by atoms with Gasteiger partial charge in [0.1, 0.15) is 5.82 Å². The van der Waals surface area contributed by atoms with Crippen molar-refractivity contribution in [3.8, 4) is 0 Å². The first-order chi connectivity index (χ1) is 12.0. The van der Waals surface area contributed by atoms with Crippen LogP contribution in [0.3, 0.4) is 0 Å². The molecule has 0 unspecified atom stereocenters. The molecule has 0 aliphatic carbocycles. The van der Waals surface area contributed by atoms with E-state index in [1.807, 2.05) is 7.05 Å². The molecule has 1 aliphatic heterocycles. The minimum absolute atomic E-state index is 0.288. The first-order valence-corrected chi connectivity index (χ1v) is 8.66. The fourth-order valence-corrected chi connectivity index (χ4v) is 3.35. The van der Waals surface area contributed by atoms with Crippen LogP contribution in [0.4, 0.5) is 4.39 Å². The summed E-state index contributed by atoms with van der Waals surface area (Å²) in [7, 11) is 2.03. The second-order valence-electron chi connectivity index (χ2n) is 6.77. The molecule has 2 heterocycles. The van der Waals surface area contributed by atoms with Crippen LogP contribution in [0.5, 0.6) is 0 Å². The van der Waals surface area contributed by atoms with Gasteiger partial charge >= 0.3 is 0 Å². The Bertz CT molecular complexity index is 676. The maximum atomic E-state index is 13.0. The van der Waals surface area contributed by atoms with Crippen LogP contribution in [0.15, 0.2) is 28.8 Å².